The second kappa shape index (κ2) is 9.84. The van der Waals surface area contributed by atoms with Gasteiger partial charge in [0.15, 0.2) is 0 Å². The fraction of sp³-hybridized carbons (Fsp3) is 0.571. The van der Waals surface area contributed by atoms with Crippen molar-refractivity contribution in [2.24, 2.45) is 0 Å². The molecule has 3 rings (SSSR count). The van der Waals surface area contributed by atoms with Crippen molar-refractivity contribution in [3.8, 4) is 0 Å². The van der Waals surface area contributed by atoms with Crippen LogP contribution in [0.1, 0.15) is 18.9 Å². The van der Waals surface area contributed by atoms with Crippen molar-refractivity contribution in [1.29, 1.82) is 0 Å². The van der Waals surface area contributed by atoms with Crippen LogP contribution in [0, 0.1) is 0 Å². The van der Waals surface area contributed by atoms with Gasteiger partial charge in [-0.15, -0.1) is 0 Å². The van der Waals surface area contributed by atoms with Gasteiger partial charge in [0, 0.05) is 45.0 Å². The minimum atomic E-state index is -0.765. The number of nitrogens with zero attached hydrogens (tertiary/aromatic N) is 3. The molecule has 0 radical (unpaired) electrons. The monoisotopic (exact) mass is 401 g/mol. The van der Waals surface area contributed by atoms with Crippen LogP contribution in [0.5, 0.6) is 0 Å². The second-order valence-electron chi connectivity index (χ2n) is 7.78. The van der Waals surface area contributed by atoms with E-state index in [-0.39, 0.29) is 30.7 Å². The Kier molecular flexibility index (Phi) is 7.22. The molecule has 0 aromatic heterocycles. The molecule has 2 aliphatic rings. The molecule has 2 heterocycles. The van der Waals surface area contributed by atoms with Crippen LogP contribution < -0.4 is 10.6 Å². The van der Waals surface area contributed by atoms with Crippen molar-refractivity contribution < 1.29 is 14.4 Å². The van der Waals surface area contributed by atoms with Crippen molar-refractivity contribution in [1.82, 2.24) is 20.0 Å². The minimum Gasteiger partial charge on any atom is -0.353 e. The maximum Gasteiger partial charge on any atom is 0.243 e. The molecule has 1 aromatic carbocycles. The lowest BCUT2D eigenvalue weighted by Gasteiger charge is -2.37. The number of hydrogen-bond donors (Lipinski definition) is 2. The Labute approximate surface area is 172 Å². The highest BCUT2D eigenvalue weighted by Gasteiger charge is 2.35. The molecule has 2 saturated heterocycles. The van der Waals surface area contributed by atoms with Crippen molar-refractivity contribution in [3.05, 3.63) is 29.8 Å². The molecule has 3 amide bonds. The predicted octanol–water partition coefficient (Wildman–Crippen LogP) is 0.152. The van der Waals surface area contributed by atoms with Crippen LogP contribution in [0.3, 0.4) is 0 Å². The fourth-order valence-electron chi connectivity index (χ4n) is 3.72. The van der Waals surface area contributed by atoms with Crippen molar-refractivity contribution in [2.75, 3.05) is 58.2 Å². The Hall–Kier alpha value is -2.45. The van der Waals surface area contributed by atoms with Gasteiger partial charge < -0.3 is 20.4 Å². The summed E-state index contributed by atoms with van der Waals surface area (Å²) in [6, 6.07) is 6.88. The summed E-state index contributed by atoms with van der Waals surface area (Å²) in [6.45, 7) is 6.74. The maximum atomic E-state index is 12.9. The summed E-state index contributed by atoms with van der Waals surface area (Å²) in [4.78, 5) is 43.7. The smallest absolute Gasteiger partial charge is 0.243 e. The largest absolute Gasteiger partial charge is 0.353 e. The van der Waals surface area contributed by atoms with Gasteiger partial charge in [-0.3, -0.25) is 19.3 Å². The number of carbonyl (C=O) groups is 3. The van der Waals surface area contributed by atoms with Gasteiger partial charge in [0.05, 0.1) is 13.0 Å². The van der Waals surface area contributed by atoms with E-state index >= 15 is 0 Å². The van der Waals surface area contributed by atoms with Crippen LogP contribution in [-0.2, 0) is 20.8 Å². The normalized spacial score (nSPS) is 21.0. The van der Waals surface area contributed by atoms with Gasteiger partial charge in [0.25, 0.3) is 0 Å². The number of rotatable bonds is 6. The molecule has 158 valence electrons. The summed E-state index contributed by atoms with van der Waals surface area (Å²) < 4.78 is 0. The summed E-state index contributed by atoms with van der Waals surface area (Å²) in [7, 11) is 2.07. The maximum absolute atomic E-state index is 12.9. The fourth-order valence-corrected chi connectivity index (χ4v) is 3.72. The lowest BCUT2D eigenvalue weighted by molar-refractivity contribution is -0.145. The first kappa shape index (κ1) is 21.3. The number of aryl methyl sites for hydroxylation is 1. The second-order valence-corrected chi connectivity index (χ2v) is 7.78. The highest BCUT2D eigenvalue weighted by atomic mass is 16.2. The number of amides is 3. The molecule has 2 N–H and O–H groups in total. The Balaban J connectivity index is 1.59. The van der Waals surface area contributed by atoms with Gasteiger partial charge in [0.2, 0.25) is 17.7 Å². The van der Waals surface area contributed by atoms with E-state index in [9.17, 15) is 14.4 Å². The van der Waals surface area contributed by atoms with Crippen LogP contribution in [-0.4, -0.2) is 91.3 Å². The summed E-state index contributed by atoms with van der Waals surface area (Å²) >= 11 is 0. The van der Waals surface area contributed by atoms with E-state index in [0.29, 0.717) is 18.8 Å². The molecule has 0 aliphatic carbocycles. The number of anilines is 1. The Morgan fingerprint density at radius 1 is 1.10 bits per heavy atom. The van der Waals surface area contributed by atoms with E-state index < -0.39 is 6.04 Å². The molecule has 8 heteroatoms. The summed E-state index contributed by atoms with van der Waals surface area (Å²) in [5.41, 5.74) is 1.88. The average Bonchev–Trinajstić information content (AvgIpc) is 2.71. The van der Waals surface area contributed by atoms with Gasteiger partial charge >= 0.3 is 0 Å². The van der Waals surface area contributed by atoms with Crippen LogP contribution in [0.25, 0.3) is 0 Å². The number of likely N-dealkylation sites (N-methyl/N-ethyl adjacent to an activating group) is 1. The molecule has 0 bridgehead atoms. The molecule has 2 fully saturated rings. The van der Waals surface area contributed by atoms with Crippen molar-refractivity contribution in [3.63, 3.8) is 0 Å². The molecule has 8 nitrogen and oxygen atoms in total. The van der Waals surface area contributed by atoms with E-state index in [0.717, 1.165) is 32.6 Å². The number of benzene rings is 1. The molecule has 2 aliphatic heterocycles. The minimum absolute atomic E-state index is 0.0458. The summed E-state index contributed by atoms with van der Waals surface area (Å²) in [5, 5.41) is 5.61. The van der Waals surface area contributed by atoms with Crippen LogP contribution >= 0.6 is 0 Å². The van der Waals surface area contributed by atoms with Gasteiger partial charge in [0.1, 0.15) is 6.04 Å². The summed E-state index contributed by atoms with van der Waals surface area (Å²) in [5.74, 6) is -0.623. The first-order chi connectivity index (χ1) is 14.0. The van der Waals surface area contributed by atoms with Crippen LogP contribution in [0.4, 0.5) is 5.69 Å². The lowest BCUT2D eigenvalue weighted by atomic mass is 10.1. The number of carbonyl (C=O) groups excluding carboxylic acids is 3. The Bertz CT molecular complexity index is 728. The number of piperazine rings is 2. The molecule has 0 spiro atoms. The molecule has 0 unspecified atom stereocenters. The quantitative estimate of drug-likeness (QED) is 0.709. The van der Waals surface area contributed by atoms with E-state index in [2.05, 4.69) is 34.4 Å². The molecule has 0 saturated carbocycles. The average molecular weight is 402 g/mol. The van der Waals surface area contributed by atoms with Crippen molar-refractivity contribution in [2.45, 2.75) is 25.8 Å². The lowest BCUT2D eigenvalue weighted by Crippen LogP contribution is -2.60. The Morgan fingerprint density at radius 3 is 2.45 bits per heavy atom. The zero-order valence-electron chi connectivity index (χ0n) is 17.3. The number of nitrogens with one attached hydrogen (secondary N) is 2. The van der Waals surface area contributed by atoms with Gasteiger partial charge in [-0.25, -0.2) is 0 Å². The van der Waals surface area contributed by atoms with E-state index in [4.69, 9.17) is 0 Å². The first-order valence-corrected chi connectivity index (χ1v) is 10.3. The molecule has 1 aromatic rings. The van der Waals surface area contributed by atoms with Gasteiger partial charge in [-0.2, -0.15) is 0 Å². The first-order valence-electron chi connectivity index (χ1n) is 10.3. The zero-order valence-corrected chi connectivity index (χ0v) is 17.3. The number of hydrogen-bond acceptors (Lipinski definition) is 5. The van der Waals surface area contributed by atoms with Crippen molar-refractivity contribution >= 4 is 23.4 Å². The standard InChI is InChI=1S/C21H31N5O3/c1-3-16-4-6-17(7-5-16)23-19(27)14-18-21(29)22-8-9-26(18)20(28)15-25-12-10-24(2)11-13-25/h4-7,18H,3,8-15H2,1-2H3,(H,22,29)(H,23,27)/t18-/m0/s1. The Morgan fingerprint density at radius 2 is 1.79 bits per heavy atom. The topological polar surface area (TPSA) is 85.0 Å². The van der Waals surface area contributed by atoms with E-state index in [1.54, 1.807) is 4.90 Å². The van der Waals surface area contributed by atoms with Crippen LogP contribution in [0.2, 0.25) is 0 Å². The van der Waals surface area contributed by atoms with E-state index in [1.807, 2.05) is 24.3 Å². The molecular weight excluding hydrogens is 370 g/mol. The third-order valence-electron chi connectivity index (χ3n) is 5.63. The molecule has 1 atom stereocenters. The third-order valence-corrected chi connectivity index (χ3v) is 5.63. The SMILES string of the molecule is CCc1ccc(NC(=O)C[C@H]2C(=O)NCCN2C(=O)CN2CCN(C)CC2)cc1. The van der Waals surface area contributed by atoms with E-state index in [1.165, 1.54) is 5.56 Å². The highest BCUT2D eigenvalue weighted by Crippen LogP contribution is 2.14. The van der Waals surface area contributed by atoms with Crippen LogP contribution in [0.15, 0.2) is 24.3 Å². The molecular formula is C21H31N5O3. The highest BCUT2D eigenvalue weighted by molar-refractivity contribution is 5.97. The molecule has 29 heavy (non-hydrogen) atoms. The third kappa shape index (κ3) is 5.77. The zero-order chi connectivity index (χ0) is 20.8. The van der Waals surface area contributed by atoms with Gasteiger partial charge in [-0.1, -0.05) is 19.1 Å². The van der Waals surface area contributed by atoms with Gasteiger partial charge in [-0.05, 0) is 31.2 Å². The predicted molar refractivity (Wildman–Crippen MR) is 112 cm³/mol. The summed E-state index contributed by atoms with van der Waals surface area (Å²) in [6.07, 6.45) is 0.886.